The summed E-state index contributed by atoms with van der Waals surface area (Å²) in [6, 6.07) is 10.5. The van der Waals surface area contributed by atoms with E-state index in [0.717, 1.165) is 42.6 Å². The van der Waals surface area contributed by atoms with Gasteiger partial charge >= 0.3 is 0 Å². The molecular weight excluding hydrogens is 424 g/mol. The number of aromatic nitrogens is 2. The smallest absolute Gasteiger partial charge is 0.232 e. The Bertz CT molecular complexity index is 904. The van der Waals surface area contributed by atoms with E-state index in [1.807, 2.05) is 24.3 Å². The lowest BCUT2D eigenvalue weighted by atomic mass is 10.0. The van der Waals surface area contributed by atoms with Crippen LogP contribution in [0.15, 0.2) is 30.3 Å². The minimum Gasteiger partial charge on any atom is -0.497 e. The summed E-state index contributed by atoms with van der Waals surface area (Å²) in [4.78, 5) is 14.2. The number of rotatable bonds is 6. The quantitative estimate of drug-likeness (QED) is 0.638. The molecule has 0 spiro atoms. The molecule has 3 heterocycles. The summed E-state index contributed by atoms with van der Waals surface area (Å²) in [6.45, 7) is 6.96. The summed E-state index contributed by atoms with van der Waals surface area (Å²) in [5, 5.41) is 6.94. The monoisotopic (exact) mass is 456 g/mol. The Labute approximate surface area is 195 Å². The number of benzene rings is 1. The van der Waals surface area contributed by atoms with Crippen LogP contribution in [0.5, 0.6) is 5.75 Å². The molecular formula is C23H32N6O2S. The van der Waals surface area contributed by atoms with Crippen LogP contribution < -0.4 is 25.2 Å². The average Bonchev–Trinajstić information content (AvgIpc) is 2.83. The molecule has 2 saturated heterocycles. The number of anilines is 3. The highest BCUT2D eigenvalue weighted by atomic mass is 32.1. The van der Waals surface area contributed by atoms with Gasteiger partial charge in [0.2, 0.25) is 5.95 Å². The molecule has 4 rings (SSSR count). The van der Waals surface area contributed by atoms with Gasteiger partial charge < -0.3 is 29.9 Å². The second-order valence-electron chi connectivity index (χ2n) is 8.20. The van der Waals surface area contributed by atoms with Gasteiger partial charge in [0.15, 0.2) is 5.11 Å². The topological polar surface area (TPSA) is 74.8 Å². The lowest BCUT2D eigenvalue weighted by molar-refractivity contribution is 0.122. The number of nitrogens with zero attached hydrogens (tertiary/aromatic N) is 4. The molecule has 1 aromatic heterocycles. The van der Waals surface area contributed by atoms with Crippen LogP contribution in [0.2, 0.25) is 0 Å². The van der Waals surface area contributed by atoms with Crippen molar-refractivity contribution in [1.29, 1.82) is 0 Å². The Hall–Kier alpha value is -2.65. The van der Waals surface area contributed by atoms with Crippen LogP contribution in [-0.4, -0.2) is 61.1 Å². The first-order valence-electron chi connectivity index (χ1n) is 11.3. The maximum atomic E-state index is 5.53. The molecule has 2 aliphatic rings. The molecule has 0 bridgehead atoms. The van der Waals surface area contributed by atoms with E-state index < -0.39 is 0 Å². The van der Waals surface area contributed by atoms with Gasteiger partial charge in [0.25, 0.3) is 0 Å². The number of ether oxygens (including phenoxy) is 2. The van der Waals surface area contributed by atoms with Crippen LogP contribution >= 0.6 is 12.2 Å². The summed E-state index contributed by atoms with van der Waals surface area (Å²) in [6.07, 6.45) is 3.64. The van der Waals surface area contributed by atoms with Crippen LogP contribution in [0.25, 0.3) is 0 Å². The summed E-state index contributed by atoms with van der Waals surface area (Å²) in [5.74, 6) is 3.22. The molecule has 0 radical (unpaired) electrons. The number of thiocarbonyl (C=S) groups is 1. The van der Waals surface area contributed by atoms with Crippen LogP contribution in [0.1, 0.15) is 31.7 Å². The lowest BCUT2D eigenvalue weighted by Crippen LogP contribution is -2.40. The normalized spacial score (nSPS) is 18.9. The van der Waals surface area contributed by atoms with Crippen molar-refractivity contribution in [3.63, 3.8) is 0 Å². The van der Waals surface area contributed by atoms with Crippen molar-refractivity contribution in [1.82, 2.24) is 15.3 Å². The summed E-state index contributed by atoms with van der Waals surface area (Å²) < 4.78 is 10.7. The van der Waals surface area contributed by atoms with E-state index in [2.05, 4.69) is 33.4 Å². The van der Waals surface area contributed by atoms with Gasteiger partial charge in [-0.1, -0.05) is 12.1 Å². The molecule has 1 aromatic carbocycles. The van der Waals surface area contributed by atoms with E-state index in [9.17, 15) is 0 Å². The van der Waals surface area contributed by atoms with E-state index in [1.54, 1.807) is 7.11 Å². The van der Waals surface area contributed by atoms with Crippen molar-refractivity contribution in [3.8, 4) is 5.75 Å². The van der Waals surface area contributed by atoms with E-state index in [1.165, 1.54) is 19.3 Å². The van der Waals surface area contributed by atoms with Crippen molar-refractivity contribution in [2.24, 2.45) is 0 Å². The number of nitrogens with one attached hydrogen (secondary N) is 2. The summed E-state index contributed by atoms with van der Waals surface area (Å²) >= 11 is 5.53. The van der Waals surface area contributed by atoms with E-state index in [0.29, 0.717) is 36.9 Å². The first kappa shape index (κ1) is 22.5. The third-order valence-electron chi connectivity index (χ3n) is 5.97. The molecule has 2 aromatic rings. The minimum absolute atomic E-state index is 0.462. The molecule has 0 aliphatic carbocycles. The number of hydrogen-bond acceptors (Lipinski definition) is 7. The zero-order chi connectivity index (χ0) is 22.3. The molecule has 9 heteroatoms. The van der Waals surface area contributed by atoms with Gasteiger partial charge in [-0.2, -0.15) is 9.97 Å². The van der Waals surface area contributed by atoms with Crippen LogP contribution in [0.4, 0.5) is 17.6 Å². The maximum Gasteiger partial charge on any atom is 0.232 e. The van der Waals surface area contributed by atoms with Gasteiger partial charge in [-0.15, -0.1) is 0 Å². The molecule has 32 heavy (non-hydrogen) atoms. The highest BCUT2D eigenvalue weighted by molar-refractivity contribution is 7.80. The Morgan fingerprint density at radius 3 is 2.59 bits per heavy atom. The summed E-state index contributed by atoms with van der Waals surface area (Å²) in [7, 11) is 1.66. The fraction of sp³-hybridized carbons (Fsp3) is 0.522. The SMILES string of the molecule is COc1ccc(CNC(=S)Nc2nc(N3CCOCC3)cc(N3CCCCC3C)n2)cc1. The van der Waals surface area contributed by atoms with Gasteiger partial charge in [0.1, 0.15) is 17.4 Å². The Morgan fingerprint density at radius 2 is 1.88 bits per heavy atom. The first-order chi connectivity index (χ1) is 15.6. The predicted molar refractivity (Wildman–Crippen MR) is 132 cm³/mol. The third-order valence-corrected chi connectivity index (χ3v) is 6.22. The van der Waals surface area contributed by atoms with Gasteiger partial charge in [0, 0.05) is 38.3 Å². The van der Waals surface area contributed by atoms with Crippen molar-refractivity contribution in [2.75, 3.05) is 55.1 Å². The van der Waals surface area contributed by atoms with Crippen molar-refractivity contribution < 1.29 is 9.47 Å². The number of piperidine rings is 1. The number of methoxy groups -OCH3 is 1. The van der Waals surface area contributed by atoms with Gasteiger partial charge in [-0.3, -0.25) is 0 Å². The molecule has 0 amide bonds. The lowest BCUT2D eigenvalue weighted by Gasteiger charge is -2.35. The van der Waals surface area contributed by atoms with Crippen LogP contribution in [-0.2, 0) is 11.3 Å². The predicted octanol–water partition coefficient (Wildman–Crippen LogP) is 3.19. The first-order valence-corrected chi connectivity index (χ1v) is 11.7. The molecule has 0 saturated carbocycles. The highest BCUT2D eigenvalue weighted by Gasteiger charge is 2.23. The van der Waals surface area contributed by atoms with Gasteiger partial charge in [0.05, 0.1) is 20.3 Å². The average molecular weight is 457 g/mol. The fourth-order valence-corrected chi connectivity index (χ4v) is 4.25. The van der Waals surface area contributed by atoms with E-state index in [4.69, 9.17) is 31.7 Å². The molecule has 172 valence electrons. The second kappa shape index (κ2) is 10.8. The maximum absolute atomic E-state index is 5.53. The largest absolute Gasteiger partial charge is 0.497 e. The second-order valence-corrected chi connectivity index (χ2v) is 8.61. The highest BCUT2D eigenvalue weighted by Crippen LogP contribution is 2.27. The zero-order valence-electron chi connectivity index (χ0n) is 18.8. The Balaban J connectivity index is 1.48. The molecule has 2 fully saturated rings. The Morgan fingerprint density at radius 1 is 1.12 bits per heavy atom. The van der Waals surface area contributed by atoms with Gasteiger partial charge in [-0.05, 0) is 56.1 Å². The van der Waals surface area contributed by atoms with Crippen LogP contribution in [0.3, 0.4) is 0 Å². The van der Waals surface area contributed by atoms with Gasteiger partial charge in [-0.25, -0.2) is 0 Å². The minimum atomic E-state index is 0.462. The number of morpholine rings is 1. The van der Waals surface area contributed by atoms with E-state index >= 15 is 0 Å². The Kier molecular flexibility index (Phi) is 7.59. The molecule has 8 nitrogen and oxygen atoms in total. The molecule has 2 aliphatic heterocycles. The molecule has 1 atom stereocenters. The standard InChI is InChI=1S/C23H32N6O2S/c1-17-5-3-4-10-29(17)21-15-20(28-11-13-31-14-12-28)25-22(26-21)27-23(32)24-16-18-6-8-19(30-2)9-7-18/h6-9,15,17H,3-5,10-14,16H2,1-2H3,(H2,24,25,26,27,32). The third kappa shape index (κ3) is 5.77. The molecule has 1 unspecified atom stereocenters. The van der Waals surface area contributed by atoms with Crippen LogP contribution in [0, 0.1) is 0 Å². The van der Waals surface area contributed by atoms with Crippen molar-refractivity contribution in [3.05, 3.63) is 35.9 Å². The fourth-order valence-electron chi connectivity index (χ4n) is 4.09. The van der Waals surface area contributed by atoms with Crippen molar-refractivity contribution in [2.45, 2.75) is 38.8 Å². The number of hydrogen-bond donors (Lipinski definition) is 2. The zero-order valence-corrected chi connectivity index (χ0v) is 19.7. The van der Waals surface area contributed by atoms with Crippen molar-refractivity contribution >= 4 is 34.9 Å². The van der Waals surface area contributed by atoms with E-state index in [-0.39, 0.29) is 0 Å². The molecule has 2 N–H and O–H groups in total. The summed E-state index contributed by atoms with van der Waals surface area (Å²) in [5.41, 5.74) is 1.11.